The van der Waals surface area contributed by atoms with E-state index >= 15 is 0 Å². The third-order valence-electron chi connectivity index (χ3n) is 2.94. The van der Waals surface area contributed by atoms with Gasteiger partial charge >= 0.3 is 6.09 Å². The van der Waals surface area contributed by atoms with Crippen molar-refractivity contribution in [2.45, 2.75) is 31.0 Å². The molecular formula is C14H19NO7. The summed E-state index contributed by atoms with van der Waals surface area (Å²) in [5, 5.41) is 39.1. The Balaban J connectivity index is 2.51. The van der Waals surface area contributed by atoms with Crippen LogP contribution in [0.25, 0.3) is 0 Å². The first-order chi connectivity index (χ1) is 10.5. The smallest absolute Gasteiger partial charge is 0.408 e. The van der Waals surface area contributed by atoms with Gasteiger partial charge in [0.15, 0.2) is 0 Å². The van der Waals surface area contributed by atoms with Crippen LogP contribution in [0.1, 0.15) is 5.56 Å². The number of nitrogens with one attached hydrogen (secondary N) is 1. The number of carbonyl (C=O) groups excluding carboxylic acids is 2. The van der Waals surface area contributed by atoms with Crippen LogP contribution in [0.5, 0.6) is 0 Å². The van der Waals surface area contributed by atoms with Crippen LogP contribution in [-0.2, 0) is 16.1 Å². The van der Waals surface area contributed by atoms with Gasteiger partial charge in [0, 0.05) is 0 Å². The van der Waals surface area contributed by atoms with E-state index in [0.717, 1.165) is 5.56 Å². The summed E-state index contributed by atoms with van der Waals surface area (Å²) in [7, 11) is 0. The highest BCUT2D eigenvalue weighted by Gasteiger charge is 2.32. The molecule has 1 aromatic rings. The Morgan fingerprint density at radius 3 is 2.36 bits per heavy atom. The molecule has 5 N–H and O–H groups in total. The molecule has 0 aromatic heterocycles. The van der Waals surface area contributed by atoms with Crippen LogP contribution >= 0.6 is 0 Å². The second-order valence-electron chi connectivity index (χ2n) is 4.60. The molecule has 0 saturated carbocycles. The van der Waals surface area contributed by atoms with E-state index in [9.17, 15) is 24.9 Å². The van der Waals surface area contributed by atoms with E-state index in [0.29, 0.717) is 0 Å². The molecule has 8 nitrogen and oxygen atoms in total. The Hall–Kier alpha value is -2.00. The van der Waals surface area contributed by atoms with Crippen LogP contribution in [-0.4, -0.2) is 63.8 Å². The first-order valence-corrected chi connectivity index (χ1v) is 6.57. The van der Waals surface area contributed by atoms with Crippen molar-refractivity contribution in [1.82, 2.24) is 5.32 Å². The number of hydrogen-bond donors (Lipinski definition) is 5. The zero-order valence-corrected chi connectivity index (χ0v) is 11.7. The van der Waals surface area contributed by atoms with E-state index in [1.807, 2.05) is 0 Å². The minimum atomic E-state index is -1.80. The van der Waals surface area contributed by atoms with E-state index in [1.54, 1.807) is 30.3 Å². The van der Waals surface area contributed by atoms with Gasteiger partial charge in [0.05, 0.1) is 6.61 Å². The predicted octanol–water partition coefficient (Wildman–Crippen LogP) is -1.44. The number of amides is 1. The maximum atomic E-state index is 11.6. The lowest BCUT2D eigenvalue weighted by Gasteiger charge is -2.25. The lowest BCUT2D eigenvalue weighted by atomic mass is 10.0. The highest BCUT2D eigenvalue weighted by molar-refractivity contribution is 5.73. The number of hydrogen-bond acceptors (Lipinski definition) is 7. The van der Waals surface area contributed by atoms with E-state index < -0.39 is 37.1 Å². The number of ether oxygens (including phenoxy) is 1. The van der Waals surface area contributed by atoms with E-state index in [2.05, 4.69) is 5.32 Å². The maximum Gasteiger partial charge on any atom is 0.408 e. The summed E-state index contributed by atoms with van der Waals surface area (Å²) in [6.45, 7) is -0.835. The molecule has 1 aromatic carbocycles. The Labute approximate surface area is 127 Å². The third kappa shape index (κ3) is 5.41. The molecule has 0 aliphatic heterocycles. The molecule has 1 rings (SSSR count). The first-order valence-electron chi connectivity index (χ1n) is 6.57. The van der Waals surface area contributed by atoms with Gasteiger partial charge < -0.3 is 35.3 Å². The van der Waals surface area contributed by atoms with Crippen molar-refractivity contribution in [1.29, 1.82) is 0 Å². The van der Waals surface area contributed by atoms with Crippen molar-refractivity contribution in [3.8, 4) is 0 Å². The average Bonchev–Trinajstić information content (AvgIpc) is 2.56. The monoisotopic (exact) mass is 313 g/mol. The minimum Gasteiger partial charge on any atom is -0.445 e. The lowest BCUT2D eigenvalue weighted by Crippen LogP contribution is -2.53. The second kappa shape index (κ2) is 9.11. The number of aliphatic hydroxyl groups is 4. The van der Waals surface area contributed by atoms with E-state index in [-0.39, 0.29) is 12.9 Å². The molecule has 0 aliphatic rings. The zero-order chi connectivity index (χ0) is 16.5. The lowest BCUT2D eigenvalue weighted by molar-refractivity contribution is -0.120. The largest absolute Gasteiger partial charge is 0.445 e. The first kappa shape index (κ1) is 18.1. The molecule has 8 heteroatoms. The zero-order valence-electron chi connectivity index (χ0n) is 11.7. The van der Waals surface area contributed by atoms with E-state index in [4.69, 9.17) is 9.84 Å². The van der Waals surface area contributed by atoms with Crippen molar-refractivity contribution in [3.05, 3.63) is 35.9 Å². The molecule has 1 amide bonds. The van der Waals surface area contributed by atoms with Gasteiger partial charge in [-0.2, -0.15) is 0 Å². The molecule has 122 valence electrons. The van der Waals surface area contributed by atoms with Gasteiger partial charge in [-0.25, -0.2) is 4.79 Å². The number of aliphatic hydroxyl groups excluding tert-OH is 4. The molecule has 0 saturated heterocycles. The SMILES string of the molecule is O=C[C@H](NC(=O)OCc1ccccc1)[C@H](O)[C@H](O)[C@H](O)CO. The summed E-state index contributed by atoms with van der Waals surface area (Å²) >= 11 is 0. The van der Waals surface area contributed by atoms with Gasteiger partial charge in [0.2, 0.25) is 0 Å². The standard InChI is InChI=1S/C14H19NO7/c16-6-10(12(19)13(20)11(18)7-17)15-14(21)22-8-9-4-2-1-3-5-9/h1-6,10-13,17-20H,7-8H2,(H,15,21)/t10-,11+,12-,13+/m0/s1. The summed E-state index contributed by atoms with van der Waals surface area (Å²) in [6.07, 6.45) is -5.99. The molecule has 4 atom stereocenters. The minimum absolute atomic E-state index is 0.0316. The van der Waals surface area contributed by atoms with Crippen LogP contribution in [0.2, 0.25) is 0 Å². The molecule has 0 heterocycles. The van der Waals surface area contributed by atoms with Crippen LogP contribution in [0, 0.1) is 0 Å². The van der Waals surface area contributed by atoms with Gasteiger partial charge in [-0.05, 0) is 5.56 Å². The summed E-state index contributed by atoms with van der Waals surface area (Å²) in [6, 6.07) is 7.32. The second-order valence-corrected chi connectivity index (χ2v) is 4.60. The summed E-state index contributed by atoms with van der Waals surface area (Å²) in [5.41, 5.74) is 0.733. The normalized spacial score (nSPS) is 16.2. The van der Waals surface area contributed by atoms with Crippen LogP contribution in [0.3, 0.4) is 0 Å². The number of carbonyl (C=O) groups is 2. The fourth-order valence-corrected chi connectivity index (χ4v) is 1.65. The van der Waals surface area contributed by atoms with Gasteiger partial charge in [-0.15, -0.1) is 0 Å². The van der Waals surface area contributed by atoms with Gasteiger partial charge in [-0.1, -0.05) is 30.3 Å². The highest BCUT2D eigenvalue weighted by atomic mass is 16.5. The highest BCUT2D eigenvalue weighted by Crippen LogP contribution is 2.05. The average molecular weight is 313 g/mol. The molecule has 0 radical (unpaired) electrons. The van der Waals surface area contributed by atoms with Gasteiger partial charge in [-0.3, -0.25) is 0 Å². The Bertz CT molecular complexity index is 468. The van der Waals surface area contributed by atoms with Crippen LogP contribution < -0.4 is 5.32 Å². The Kier molecular flexibility index (Phi) is 7.47. The predicted molar refractivity (Wildman–Crippen MR) is 74.7 cm³/mol. The molecule has 0 fully saturated rings. The van der Waals surface area contributed by atoms with Crippen molar-refractivity contribution in [2.75, 3.05) is 6.61 Å². The third-order valence-corrected chi connectivity index (χ3v) is 2.94. The van der Waals surface area contributed by atoms with Crippen molar-refractivity contribution in [3.63, 3.8) is 0 Å². The maximum absolute atomic E-state index is 11.6. The molecule has 0 spiro atoms. The molecule has 22 heavy (non-hydrogen) atoms. The quantitative estimate of drug-likeness (QED) is 0.371. The van der Waals surface area contributed by atoms with Crippen LogP contribution in [0.15, 0.2) is 30.3 Å². The Morgan fingerprint density at radius 1 is 1.18 bits per heavy atom. The molecule has 0 unspecified atom stereocenters. The summed E-state index contributed by atoms with van der Waals surface area (Å²) < 4.78 is 4.86. The van der Waals surface area contributed by atoms with Crippen molar-refractivity contribution in [2.24, 2.45) is 0 Å². The fourth-order valence-electron chi connectivity index (χ4n) is 1.65. The number of aldehydes is 1. The summed E-state index contributed by atoms with van der Waals surface area (Å²) in [5.74, 6) is 0. The topological polar surface area (TPSA) is 136 Å². The molecule has 0 bridgehead atoms. The van der Waals surface area contributed by atoms with Gasteiger partial charge in [0.1, 0.15) is 37.2 Å². The van der Waals surface area contributed by atoms with Crippen LogP contribution in [0.4, 0.5) is 4.79 Å². The summed E-state index contributed by atoms with van der Waals surface area (Å²) in [4.78, 5) is 22.4. The van der Waals surface area contributed by atoms with Gasteiger partial charge in [0.25, 0.3) is 0 Å². The number of rotatable bonds is 8. The van der Waals surface area contributed by atoms with Crippen molar-refractivity contribution < 1.29 is 34.8 Å². The number of alkyl carbamates (subject to hydrolysis) is 1. The molecule has 0 aliphatic carbocycles. The van der Waals surface area contributed by atoms with Crippen molar-refractivity contribution >= 4 is 12.4 Å². The fraction of sp³-hybridized carbons (Fsp3) is 0.429. The number of benzene rings is 1. The molecular weight excluding hydrogens is 294 g/mol. The Morgan fingerprint density at radius 2 is 1.82 bits per heavy atom. The van der Waals surface area contributed by atoms with E-state index in [1.165, 1.54) is 0 Å².